The molecule has 144 valence electrons. The van der Waals surface area contributed by atoms with Gasteiger partial charge in [0, 0.05) is 13.7 Å². The van der Waals surface area contributed by atoms with E-state index in [2.05, 4.69) is 12.1 Å². The van der Waals surface area contributed by atoms with Crippen LogP contribution in [0.5, 0.6) is 11.5 Å². The van der Waals surface area contributed by atoms with Crippen LogP contribution in [0, 0.1) is 5.92 Å². The van der Waals surface area contributed by atoms with E-state index >= 15 is 0 Å². The van der Waals surface area contributed by atoms with Crippen molar-refractivity contribution in [3.05, 3.63) is 60.2 Å². The predicted molar refractivity (Wildman–Crippen MR) is 102 cm³/mol. The number of para-hydroxylation sites is 1. The summed E-state index contributed by atoms with van der Waals surface area (Å²) in [4.78, 5) is 10.4. The first kappa shape index (κ1) is 19.4. The van der Waals surface area contributed by atoms with Crippen molar-refractivity contribution in [3.8, 4) is 11.5 Å². The Morgan fingerprint density at radius 2 is 1.85 bits per heavy atom. The summed E-state index contributed by atoms with van der Waals surface area (Å²) in [6.07, 6.45) is 3.80. The SMILES string of the molecule is COC1(c2cccc(Oc3ccccc3)c2)CC(CCCOCC(=O)O)C1. The molecule has 5 heteroatoms. The van der Waals surface area contributed by atoms with E-state index in [1.807, 2.05) is 42.5 Å². The molecule has 2 aromatic carbocycles. The molecule has 0 spiro atoms. The first-order valence-corrected chi connectivity index (χ1v) is 9.29. The van der Waals surface area contributed by atoms with Gasteiger partial charge in [-0.2, -0.15) is 0 Å². The van der Waals surface area contributed by atoms with Crippen LogP contribution in [0.25, 0.3) is 0 Å². The Bertz CT molecular complexity index is 737. The fraction of sp³-hybridized carbons (Fsp3) is 0.409. The van der Waals surface area contributed by atoms with Crippen molar-refractivity contribution < 1.29 is 24.1 Å². The first-order valence-electron chi connectivity index (χ1n) is 9.29. The highest BCUT2D eigenvalue weighted by molar-refractivity contribution is 5.67. The molecule has 1 aliphatic carbocycles. The van der Waals surface area contributed by atoms with Crippen LogP contribution in [0.3, 0.4) is 0 Å². The van der Waals surface area contributed by atoms with Crippen molar-refractivity contribution in [2.75, 3.05) is 20.3 Å². The fourth-order valence-electron chi connectivity index (χ4n) is 3.70. The molecular formula is C22H26O5. The molecule has 0 saturated heterocycles. The Kier molecular flexibility index (Phi) is 6.48. The molecule has 27 heavy (non-hydrogen) atoms. The summed E-state index contributed by atoms with van der Waals surface area (Å²) in [6.45, 7) is 0.268. The quantitative estimate of drug-likeness (QED) is 0.619. The number of benzene rings is 2. The zero-order valence-electron chi connectivity index (χ0n) is 15.6. The van der Waals surface area contributed by atoms with E-state index in [-0.39, 0.29) is 12.2 Å². The fourth-order valence-corrected chi connectivity index (χ4v) is 3.70. The minimum atomic E-state index is -0.922. The summed E-state index contributed by atoms with van der Waals surface area (Å²) < 4.78 is 16.9. The van der Waals surface area contributed by atoms with Crippen LogP contribution < -0.4 is 4.74 Å². The zero-order chi connectivity index (χ0) is 19.1. The molecule has 5 nitrogen and oxygen atoms in total. The number of rotatable bonds is 10. The molecule has 1 saturated carbocycles. The highest BCUT2D eigenvalue weighted by atomic mass is 16.5. The molecule has 3 rings (SSSR count). The van der Waals surface area contributed by atoms with Crippen molar-refractivity contribution in [2.45, 2.75) is 31.3 Å². The van der Waals surface area contributed by atoms with Gasteiger partial charge in [0.15, 0.2) is 0 Å². The van der Waals surface area contributed by atoms with Gasteiger partial charge in [-0.05, 0) is 61.4 Å². The zero-order valence-corrected chi connectivity index (χ0v) is 15.6. The molecule has 0 atom stereocenters. The van der Waals surface area contributed by atoms with Crippen molar-refractivity contribution >= 4 is 5.97 Å². The van der Waals surface area contributed by atoms with E-state index in [4.69, 9.17) is 19.3 Å². The van der Waals surface area contributed by atoms with Crippen LogP contribution in [0.2, 0.25) is 0 Å². The average Bonchev–Trinajstić information content (AvgIpc) is 2.64. The second-order valence-corrected chi connectivity index (χ2v) is 7.00. The van der Waals surface area contributed by atoms with Crippen molar-refractivity contribution in [1.29, 1.82) is 0 Å². The number of carbonyl (C=O) groups is 1. The summed E-state index contributed by atoms with van der Waals surface area (Å²) in [7, 11) is 1.76. The van der Waals surface area contributed by atoms with Gasteiger partial charge in [0.1, 0.15) is 18.1 Å². The van der Waals surface area contributed by atoms with Gasteiger partial charge in [-0.1, -0.05) is 30.3 Å². The number of aliphatic carboxylic acids is 1. The predicted octanol–water partition coefficient (Wildman–Crippen LogP) is 4.61. The van der Waals surface area contributed by atoms with Crippen molar-refractivity contribution in [2.24, 2.45) is 5.92 Å². The third-order valence-corrected chi connectivity index (χ3v) is 5.09. The van der Waals surface area contributed by atoms with Gasteiger partial charge < -0.3 is 19.3 Å². The molecule has 0 aromatic heterocycles. The number of carboxylic acids is 1. The number of hydrogen-bond acceptors (Lipinski definition) is 4. The van der Waals surface area contributed by atoms with Gasteiger partial charge in [-0.3, -0.25) is 0 Å². The number of hydrogen-bond donors (Lipinski definition) is 1. The largest absolute Gasteiger partial charge is 0.480 e. The Morgan fingerprint density at radius 3 is 2.56 bits per heavy atom. The van der Waals surface area contributed by atoms with E-state index in [1.165, 1.54) is 0 Å². The lowest BCUT2D eigenvalue weighted by Crippen LogP contribution is -2.43. The topological polar surface area (TPSA) is 65.0 Å². The van der Waals surface area contributed by atoms with Crippen LogP contribution in [0.1, 0.15) is 31.2 Å². The van der Waals surface area contributed by atoms with Crippen LogP contribution in [-0.2, 0) is 19.9 Å². The highest BCUT2D eigenvalue weighted by Crippen LogP contribution is 2.50. The third kappa shape index (κ3) is 5.08. The third-order valence-electron chi connectivity index (χ3n) is 5.09. The van der Waals surface area contributed by atoms with Gasteiger partial charge in [0.05, 0.1) is 5.60 Å². The molecule has 0 unspecified atom stereocenters. The molecule has 2 aromatic rings. The van der Waals surface area contributed by atoms with Gasteiger partial charge in [0.25, 0.3) is 0 Å². The number of methoxy groups -OCH3 is 1. The molecule has 0 amide bonds. The summed E-state index contributed by atoms with van der Waals surface area (Å²) in [6, 6.07) is 17.8. The monoisotopic (exact) mass is 370 g/mol. The Labute approximate surface area is 159 Å². The molecule has 0 radical (unpaired) electrons. The van der Waals surface area contributed by atoms with Gasteiger partial charge in [-0.15, -0.1) is 0 Å². The van der Waals surface area contributed by atoms with Crippen molar-refractivity contribution in [3.63, 3.8) is 0 Å². The molecule has 0 bridgehead atoms. The lowest BCUT2D eigenvalue weighted by Gasteiger charge is -2.47. The maximum absolute atomic E-state index is 10.4. The number of carboxylic acid groups (broad SMARTS) is 1. The maximum Gasteiger partial charge on any atom is 0.329 e. The minimum absolute atomic E-state index is 0.221. The van der Waals surface area contributed by atoms with Crippen LogP contribution in [0.15, 0.2) is 54.6 Å². The Hall–Kier alpha value is -2.37. The first-order chi connectivity index (χ1) is 13.1. The Balaban J connectivity index is 1.54. The summed E-state index contributed by atoms with van der Waals surface area (Å²) in [5, 5.41) is 8.57. The summed E-state index contributed by atoms with van der Waals surface area (Å²) >= 11 is 0. The minimum Gasteiger partial charge on any atom is -0.480 e. The van der Waals surface area contributed by atoms with E-state index in [1.54, 1.807) is 7.11 Å². The van der Waals surface area contributed by atoms with Crippen LogP contribution in [0.4, 0.5) is 0 Å². The maximum atomic E-state index is 10.4. The lowest BCUT2D eigenvalue weighted by atomic mass is 9.65. The number of ether oxygens (including phenoxy) is 3. The molecule has 0 aliphatic heterocycles. The average molecular weight is 370 g/mol. The normalized spacial score (nSPS) is 21.4. The second-order valence-electron chi connectivity index (χ2n) is 7.00. The van der Waals surface area contributed by atoms with Gasteiger partial charge in [0.2, 0.25) is 0 Å². The van der Waals surface area contributed by atoms with E-state index in [0.29, 0.717) is 12.5 Å². The van der Waals surface area contributed by atoms with Gasteiger partial charge in [-0.25, -0.2) is 4.79 Å². The van der Waals surface area contributed by atoms with E-state index < -0.39 is 5.97 Å². The standard InChI is InChI=1S/C22H26O5/c1-25-22(14-17(15-22)7-6-12-26-16-21(23)24)18-8-5-11-20(13-18)27-19-9-3-2-4-10-19/h2-5,8-11,13,17H,6-7,12,14-16H2,1H3,(H,23,24). The highest BCUT2D eigenvalue weighted by Gasteiger charge is 2.45. The van der Waals surface area contributed by atoms with E-state index in [9.17, 15) is 4.79 Å². The summed E-state index contributed by atoms with van der Waals surface area (Å²) in [5.41, 5.74) is 0.875. The van der Waals surface area contributed by atoms with Crippen LogP contribution in [-0.4, -0.2) is 31.4 Å². The lowest BCUT2D eigenvalue weighted by molar-refractivity contribution is -0.142. The molecule has 1 aliphatic rings. The van der Waals surface area contributed by atoms with E-state index in [0.717, 1.165) is 42.7 Å². The van der Waals surface area contributed by atoms with Crippen LogP contribution >= 0.6 is 0 Å². The molecule has 1 N–H and O–H groups in total. The molecule has 0 heterocycles. The van der Waals surface area contributed by atoms with Gasteiger partial charge >= 0.3 is 5.97 Å². The van der Waals surface area contributed by atoms with Crippen molar-refractivity contribution in [1.82, 2.24) is 0 Å². The smallest absolute Gasteiger partial charge is 0.329 e. The summed E-state index contributed by atoms with van der Waals surface area (Å²) in [5.74, 6) is 1.27. The molecular weight excluding hydrogens is 344 g/mol. The Morgan fingerprint density at radius 1 is 1.11 bits per heavy atom. The molecule has 1 fully saturated rings. The second kappa shape index (κ2) is 9.02.